The first-order valence-corrected chi connectivity index (χ1v) is 6.34. The number of carbonyl (C=O) groups is 2. The molecule has 0 aliphatic heterocycles. The van der Waals surface area contributed by atoms with Gasteiger partial charge >= 0.3 is 11.9 Å². The van der Waals surface area contributed by atoms with Crippen LogP contribution in [0.3, 0.4) is 0 Å². The van der Waals surface area contributed by atoms with Gasteiger partial charge in [0.2, 0.25) is 0 Å². The Kier molecular flexibility index (Phi) is 6.24. The Morgan fingerprint density at radius 1 is 1.25 bits per heavy atom. The average molecular weight is 275 g/mol. The highest BCUT2D eigenvalue weighted by atomic mass is 16.5. The zero-order valence-corrected chi connectivity index (χ0v) is 11.6. The molecule has 0 N–H and O–H groups in total. The van der Waals surface area contributed by atoms with Crippen LogP contribution in [0.4, 0.5) is 0 Å². The van der Waals surface area contributed by atoms with E-state index in [1.54, 1.807) is 19.1 Å². The van der Waals surface area contributed by atoms with Gasteiger partial charge in [0.25, 0.3) is 0 Å². The molecule has 0 aliphatic rings. The number of benzene rings is 1. The van der Waals surface area contributed by atoms with E-state index >= 15 is 0 Å². The molecule has 0 bridgehead atoms. The van der Waals surface area contributed by atoms with Crippen LogP contribution in [0.1, 0.15) is 34.8 Å². The van der Waals surface area contributed by atoms with E-state index in [4.69, 9.17) is 10.00 Å². The Morgan fingerprint density at radius 2 is 1.95 bits per heavy atom. The van der Waals surface area contributed by atoms with Gasteiger partial charge in [0.05, 0.1) is 31.8 Å². The molecule has 0 radical (unpaired) electrons. The normalized spacial score (nSPS) is 9.65. The van der Waals surface area contributed by atoms with Gasteiger partial charge in [-0.1, -0.05) is 6.07 Å². The summed E-state index contributed by atoms with van der Waals surface area (Å²) in [7, 11) is 1.33. The van der Waals surface area contributed by atoms with Crippen LogP contribution in [-0.2, 0) is 27.1 Å². The lowest BCUT2D eigenvalue weighted by Crippen LogP contribution is -2.07. The number of methoxy groups -OCH3 is 1. The zero-order chi connectivity index (χ0) is 15.0. The van der Waals surface area contributed by atoms with Crippen LogP contribution < -0.4 is 0 Å². The van der Waals surface area contributed by atoms with Crippen molar-refractivity contribution in [1.82, 2.24) is 0 Å². The van der Waals surface area contributed by atoms with Crippen molar-refractivity contribution >= 4 is 11.9 Å². The quantitative estimate of drug-likeness (QED) is 0.742. The lowest BCUT2D eigenvalue weighted by Gasteiger charge is -2.07. The molecule has 0 atom stereocenters. The minimum absolute atomic E-state index is 0.207. The highest BCUT2D eigenvalue weighted by molar-refractivity contribution is 5.90. The molecule has 0 aromatic heterocycles. The van der Waals surface area contributed by atoms with Crippen molar-refractivity contribution in [2.45, 2.75) is 26.2 Å². The molecule has 5 nitrogen and oxygen atoms in total. The molecule has 106 valence electrons. The number of aryl methyl sites for hydroxylation is 1. The molecule has 0 saturated heterocycles. The predicted octanol–water partition coefficient (Wildman–Crippen LogP) is 2.03. The summed E-state index contributed by atoms with van der Waals surface area (Å²) in [6.07, 6.45) is 0.894. The number of esters is 2. The summed E-state index contributed by atoms with van der Waals surface area (Å²) in [5.41, 5.74) is 1.95. The molecular weight excluding hydrogens is 258 g/mol. The lowest BCUT2D eigenvalue weighted by molar-refractivity contribution is -0.140. The molecule has 5 heteroatoms. The van der Waals surface area contributed by atoms with E-state index in [1.165, 1.54) is 7.11 Å². The molecule has 0 amide bonds. The van der Waals surface area contributed by atoms with Gasteiger partial charge in [-0.15, -0.1) is 0 Å². The van der Waals surface area contributed by atoms with Crippen molar-refractivity contribution in [2.24, 2.45) is 0 Å². The molecule has 20 heavy (non-hydrogen) atoms. The van der Waals surface area contributed by atoms with E-state index < -0.39 is 5.97 Å². The highest BCUT2D eigenvalue weighted by Gasteiger charge is 2.11. The second-order valence-corrected chi connectivity index (χ2v) is 4.17. The standard InChI is InChI=1S/C15H17NO4/c1-3-20-15(18)13-9-11(4-5-14(17)19-2)8-12(10-13)6-7-16/h8-10H,3-6H2,1-2H3. The minimum Gasteiger partial charge on any atom is -0.469 e. The third-order valence-corrected chi connectivity index (χ3v) is 2.69. The van der Waals surface area contributed by atoms with E-state index in [-0.39, 0.29) is 18.8 Å². The van der Waals surface area contributed by atoms with Crippen LogP contribution in [0, 0.1) is 11.3 Å². The second kappa shape index (κ2) is 7.95. The van der Waals surface area contributed by atoms with Crippen molar-refractivity contribution in [3.63, 3.8) is 0 Å². The first-order valence-electron chi connectivity index (χ1n) is 6.34. The Morgan fingerprint density at radius 3 is 2.55 bits per heavy atom. The summed E-state index contributed by atoms with van der Waals surface area (Å²) < 4.78 is 9.53. The van der Waals surface area contributed by atoms with E-state index in [1.807, 2.05) is 12.1 Å². The summed E-state index contributed by atoms with van der Waals surface area (Å²) in [6, 6.07) is 7.18. The molecule has 1 rings (SSSR count). The van der Waals surface area contributed by atoms with Crippen LogP contribution in [0.5, 0.6) is 0 Å². The molecule has 0 unspecified atom stereocenters. The molecule has 0 saturated carbocycles. The Labute approximate surface area is 118 Å². The molecule has 0 aliphatic carbocycles. The lowest BCUT2D eigenvalue weighted by atomic mass is 10.0. The number of nitriles is 1. The number of rotatable bonds is 6. The molecule has 1 aromatic carbocycles. The van der Waals surface area contributed by atoms with Crippen LogP contribution in [-0.4, -0.2) is 25.7 Å². The molecular formula is C15H17NO4. The maximum absolute atomic E-state index is 11.8. The van der Waals surface area contributed by atoms with Gasteiger partial charge in [-0.25, -0.2) is 4.79 Å². The largest absolute Gasteiger partial charge is 0.469 e. The monoisotopic (exact) mass is 275 g/mol. The fourth-order valence-corrected chi connectivity index (χ4v) is 1.78. The van der Waals surface area contributed by atoms with Crippen molar-refractivity contribution < 1.29 is 19.1 Å². The molecule has 1 aromatic rings. The van der Waals surface area contributed by atoms with Gasteiger partial charge in [-0.2, -0.15) is 5.26 Å². The van der Waals surface area contributed by atoms with Crippen molar-refractivity contribution in [1.29, 1.82) is 5.26 Å². The van der Waals surface area contributed by atoms with E-state index in [0.717, 1.165) is 11.1 Å². The maximum atomic E-state index is 11.8. The van der Waals surface area contributed by atoms with Crippen molar-refractivity contribution in [3.8, 4) is 6.07 Å². The van der Waals surface area contributed by atoms with Gasteiger partial charge in [-0.05, 0) is 36.6 Å². The van der Waals surface area contributed by atoms with E-state index in [0.29, 0.717) is 18.6 Å². The summed E-state index contributed by atoms with van der Waals surface area (Å²) in [4.78, 5) is 22.9. The predicted molar refractivity (Wildman–Crippen MR) is 72.1 cm³/mol. The highest BCUT2D eigenvalue weighted by Crippen LogP contribution is 2.14. The number of ether oxygens (including phenoxy) is 2. The van der Waals surface area contributed by atoms with Crippen LogP contribution in [0.2, 0.25) is 0 Å². The average Bonchev–Trinajstić information content (AvgIpc) is 2.45. The zero-order valence-electron chi connectivity index (χ0n) is 11.6. The number of nitrogens with zero attached hydrogens (tertiary/aromatic N) is 1. The Bertz CT molecular complexity index is 531. The minimum atomic E-state index is -0.424. The van der Waals surface area contributed by atoms with Gasteiger partial charge in [-0.3, -0.25) is 4.79 Å². The third-order valence-electron chi connectivity index (χ3n) is 2.69. The summed E-state index contributed by atoms with van der Waals surface area (Å²) in [5, 5.41) is 8.76. The van der Waals surface area contributed by atoms with E-state index in [9.17, 15) is 9.59 Å². The maximum Gasteiger partial charge on any atom is 0.338 e. The van der Waals surface area contributed by atoms with Crippen LogP contribution >= 0.6 is 0 Å². The Balaban J connectivity index is 2.95. The van der Waals surface area contributed by atoms with Gasteiger partial charge in [0, 0.05) is 6.42 Å². The number of carbonyl (C=O) groups excluding carboxylic acids is 2. The number of hydrogen-bond donors (Lipinski definition) is 0. The van der Waals surface area contributed by atoms with E-state index in [2.05, 4.69) is 4.74 Å². The van der Waals surface area contributed by atoms with Crippen LogP contribution in [0.15, 0.2) is 18.2 Å². The van der Waals surface area contributed by atoms with Gasteiger partial charge < -0.3 is 9.47 Å². The molecule has 0 fully saturated rings. The fraction of sp³-hybridized carbons (Fsp3) is 0.400. The first-order chi connectivity index (χ1) is 9.60. The Hall–Kier alpha value is -2.35. The fourth-order valence-electron chi connectivity index (χ4n) is 1.78. The first kappa shape index (κ1) is 15.7. The summed E-state index contributed by atoms with van der Waals surface area (Å²) in [5.74, 6) is -0.736. The molecule has 0 spiro atoms. The summed E-state index contributed by atoms with van der Waals surface area (Å²) >= 11 is 0. The SMILES string of the molecule is CCOC(=O)c1cc(CC#N)cc(CCC(=O)OC)c1. The van der Waals surface area contributed by atoms with Crippen molar-refractivity contribution in [2.75, 3.05) is 13.7 Å². The number of hydrogen-bond acceptors (Lipinski definition) is 5. The topological polar surface area (TPSA) is 76.4 Å². The third kappa shape index (κ3) is 4.73. The summed E-state index contributed by atoms with van der Waals surface area (Å²) in [6.45, 7) is 2.02. The van der Waals surface area contributed by atoms with Crippen molar-refractivity contribution in [3.05, 3.63) is 34.9 Å². The van der Waals surface area contributed by atoms with Crippen LogP contribution in [0.25, 0.3) is 0 Å². The second-order valence-electron chi connectivity index (χ2n) is 4.17. The molecule has 0 heterocycles. The van der Waals surface area contributed by atoms with Gasteiger partial charge in [0.15, 0.2) is 0 Å². The van der Waals surface area contributed by atoms with Gasteiger partial charge in [0.1, 0.15) is 0 Å². The smallest absolute Gasteiger partial charge is 0.338 e.